The normalized spacial score (nSPS) is 15.4. The van der Waals surface area contributed by atoms with Crippen LogP contribution < -0.4 is 18.9 Å². The number of aromatic nitrogens is 4. The lowest BCUT2D eigenvalue weighted by Crippen LogP contribution is -2.45. The molecular formula is C45H47ClN6O8. The molecule has 0 spiro atoms. The second-order valence-corrected chi connectivity index (χ2v) is 15.5. The van der Waals surface area contributed by atoms with Crippen molar-refractivity contribution in [2.75, 3.05) is 53.5 Å². The molecule has 0 bridgehead atoms. The molecule has 2 N–H and O–H groups in total. The van der Waals surface area contributed by atoms with Gasteiger partial charge in [-0.2, -0.15) is 0 Å². The summed E-state index contributed by atoms with van der Waals surface area (Å²) >= 11 is 6.54. The molecule has 2 fully saturated rings. The Labute approximate surface area is 352 Å². The van der Waals surface area contributed by atoms with Gasteiger partial charge in [0.15, 0.2) is 5.82 Å². The van der Waals surface area contributed by atoms with Gasteiger partial charge in [-0.15, -0.1) is 0 Å². The molecule has 0 amide bonds. The molecule has 8 rings (SSSR count). The number of carboxylic acids is 1. The van der Waals surface area contributed by atoms with Gasteiger partial charge in [-0.05, 0) is 80.4 Å². The minimum atomic E-state index is -1.42. The zero-order valence-corrected chi connectivity index (χ0v) is 34.5. The smallest absolute Gasteiger partial charge is 0.345 e. The van der Waals surface area contributed by atoms with Crippen LogP contribution in [-0.4, -0.2) is 106 Å². The van der Waals surface area contributed by atoms with Crippen LogP contribution in [0.5, 0.6) is 28.9 Å². The first-order chi connectivity index (χ1) is 29.2. The molecule has 312 valence electrons. The van der Waals surface area contributed by atoms with Crippen molar-refractivity contribution in [1.82, 2.24) is 29.7 Å². The molecule has 3 aromatic heterocycles. The van der Waals surface area contributed by atoms with Crippen LogP contribution in [-0.2, 0) is 17.8 Å². The number of phenolic OH excluding ortho intramolecular Hbond substituents is 1. The summed E-state index contributed by atoms with van der Waals surface area (Å²) in [6.45, 7) is 7.04. The number of halogens is 1. The molecule has 2 aliphatic rings. The summed E-state index contributed by atoms with van der Waals surface area (Å²) < 4.78 is 30.9. The van der Waals surface area contributed by atoms with E-state index in [4.69, 9.17) is 39.9 Å². The maximum Gasteiger partial charge on any atom is 0.345 e. The second kappa shape index (κ2) is 18.1. The molecule has 3 aromatic carbocycles. The molecule has 14 nitrogen and oxygen atoms in total. The number of fused-ring (bicyclic) bond motifs is 1. The van der Waals surface area contributed by atoms with Crippen LogP contribution in [0.2, 0.25) is 5.02 Å². The Hall–Kier alpha value is -5.96. The van der Waals surface area contributed by atoms with Crippen molar-refractivity contribution >= 4 is 28.7 Å². The number of aromatic hydroxyl groups is 1. The van der Waals surface area contributed by atoms with Gasteiger partial charge in [0.25, 0.3) is 0 Å². The largest absolute Gasteiger partial charge is 0.506 e. The topological polar surface area (TPSA) is 166 Å². The number of nitrogens with zero attached hydrogens (tertiary/aromatic N) is 6. The van der Waals surface area contributed by atoms with Crippen LogP contribution in [0.4, 0.5) is 0 Å². The van der Waals surface area contributed by atoms with Crippen molar-refractivity contribution in [2.24, 2.45) is 0 Å². The van der Waals surface area contributed by atoms with E-state index in [0.717, 1.165) is 57.5 Å². The minimum absolute atomic E-state index is 0.0466. The molecule has 0 radical (unpaired) electrons. The zero-order valence-electron chi connectivity index (χ0n) is 33.8. The number of carboxylic acid groups (broad SMARTS) is 1. The quantitative estimate of drug-likeness (QED) is 0.0981. The van der Waals surface area contributed by atoms with E-state index in [1.165, 1.54) is 12.4 Å². The Morgan fingerprint density at radius 1 is 0.983 bits per heavy atom. The van der Waals surface area contributed by atoms with Gasteiger partial charge in [-0.1, -0.05) is 36.2 Å². The molecule has 4 heterocycles. The van der Waals surface area contributed by atoms with E-state index in [1.54, 1.807) is 37.6 Å². The van der Waals surface area contributed by atoms with E-state index in [0.29, 0.717) is 68.8 Å². The Balaban J connectivity index is 1.10. The summed E-state index contributed by atoms with van der Waals surface area (Å²) in [6.07, 6.45) is 4.34. The number of piperazine rings is 1. The van der Waals surface area contributed by atoms with Crippen molar-refractivity contribution in [3.05, 3.63) is 101 Å². The number of aliphatic carboxylic acids is 1. The number of rotatable bonds is 16. The lowest BCUT2D eigenvalue weighted by atomic mass is 9.80. The van der Waals surface area contributed by atoms with E-state index in [9.17, 15) is 15.0 Å². The number of phenols is 1. The number of methoxy groups -OCH3 is 1. The van der Waals surface area contributed by atoms with Crippen LogP contribution in [0, 0.1) is 6.92 Å². The van der Waals surface area contributed by atoms with Crippen LogP contribution in [0.25, 0.3) is 33.6 Å². The number of benzene rings is 3. The van der Waals surface area contributed by atoms with Gasteiger partial charge in [-0.3, -0.25) is 4.90 Å². The van der Waals surface area contributed by atoms with E-state index in [1.807, 2.05) is 37.3 Å². The molecule has 60 heavy (non-hydrogen) atoms. The summed E-state index contributed by atoms with van der Waals surface area (Å²) in [7, 11) is 3.72. The molecule has 1 aliphatic carbocycles. The van der Waals surface area contributed by atoms with Gasteiger partial charge in [0.05, 0.1) is 23.4 Å². The van der Waals surface area contributed by atoms with Crippen LogP contribution in [0.3, 0.4) is 0 Å². The first-order valence-corrected chi connectivity index (χ1v) is 20.4. The fraction of sp³-hybridized carbons (Fsp3) is 0.356. The van der Waals surface area contributed by atoms with Crippen LogP contribution in [0.1, 0.15) is 47.8 Å². The number of hydrogen-bond donors (Lipinski definition) is 2. The van der Waals surface area contributed by atoms with Crippen molar-refractivity contribution in [3.63, 3.8) is 0 Å². The number of carbonyl (C=O) groups is 1. The third kappa shape index (κ3) is 8.81. The van der Waals surface area contributed by atoms with Crippen LogP contribution >= 0.6 is 11.6 Å². The van der Waals surface area contributed by atoms with Gasteiger partial charge in [-0.25, -0.2) is 24.7 Å². The van der Waals surface area contributed by atoms with Gasteiger partial charge < -0.3 is 38.5 Å². The Morgan fingerprint density at radius 3 is 2.57 bits per heavy atom. The molecule has 1 atom stereocenters. The molecule has 1 saturated heterocycles. The molecule has 15 heteroatoms. The minimum Gasteiger partial charge on any atom is -0.506 e. The van der Waals surface area contributed by atoms with E-state index < -0.39 is 12.1 Å². The Kier molecular flexibility index (Phi) is 12.3. The molecule has 0 unspecified atom stereocenters. The Morgan fingerprint density at radius 2 is 1.80 bits per heavy atom. The zero-order chi connectivity index (χ0) is 41.8. The number of para-hydroxylation sites is 1. The summed E-state index contributed by atoms with van der Waals surface area (Å²) in [5, 5.41) is 21.7. The maximum absolute atomic E-state index is 13.1. The van der Waals surface area contributed by atoms with Crippen molar-refractivity contribution < 1.29 is 38.4 Å². The third-order valence-corrected chi connectivity index (χ3v) is 11.7. The second-order valence-electron chi connectivity index (χ2n) is 15.2. The van der Waals surface area contributed by atoms with E-state index in [-0.39, 0.29) is 41.3 Å². The lowest BCUT2D eigenvalue weighted by molar-refractivity contribution is -0.145. The summed E-state index contributed by atoms with van der Waals surface area (Å²) in [5.74, 6) is 1.76. The van der Waals surface area contributed by atoms with Gasteiger partial charge in [0, 0.05) is 62.4 Å². The van der Waals surface area contributed by atoms with Gasteiger partial charge in [0.2, 0.25) is 17.7 Å². The number of furan rings is 1. The highest BCUT2D eigenvalue weighted by Crippen LogP contribution is 2.49. The maximum atomic E-state index is 13.1. The summed E-state index contributed by atoms with van der Waals surface area (Å²) in [5.41, 5.74) is 4.18. The first kappa shape index (κ1) is 40.8. The fourth-order valence-electron chi connectivity index (χ4n) is 7.59. The first-order valence-electron chi connectivity index (χ1n) is 20.1. The van der Waals surface area contributed by atoms with E-state index in [2.05, 4.69) is 31.8 Å². The summed E-state index contributed by atoms with van der Waals surface area (Å²) in [4.78, 5) is 35.9. The molecular weight excluding hydrogens is 788 g/mol. The van der Waals surface area contributed by atoms with Crippen molar-refractivity contribution in [3.8, 4) is 51.4 Å². The number of hydrogen-bond acceptors (Lipinski definition) is 13. The molecule has 1 aliphatic heterocycles. The number of ether oxygens (including phenoxy) is 4. The lowest BCUT2D eigenvalue weighted by Gasteiger charge is -2.32. The fourth-order valence-corrected chi connectivity index (χ4v) is 7.76. The SMILES string of the molecule is COc1ccccc1-c1nccc(COc2ccc(OCCN3CCN(C)CC3)cc2C[C@@H](Oc2ncnc3oc(C4CCC4)c(-c4ccc(O)c(Cl)c4C)c23)C(=O)O)n1. The highest BCUT2D eigenvalue weighted by atomic mass is 35.5. The van der Waals surface area contributed by atoms with E-state index >= 15 is 0 Å². The van der Waals surface area contributed by atoms with Crippen molar-refractivity contribution in [2.45, 2.75) is 51.2 Å². The predicted octanol–water partition coefficient (Wildman–Crippen LogP) is 7.57. The standard InChI is InChI=1S/C45H47ClN6O8/c1-27-32(12-13-34(53)40(27)46)38-39-43(48-26-49-44(39)60-41(38)28-7-6-8-28)59-37(45(54)55)24-29-23-31(57-22-21-52-19-17-51(2)18-20-52)11-14-35(29)58-25-30-15-16-47-42(50-30)33-9-4-5-10-36(33)56-3/h4-5,9-16,23,26,28,37,53H,6-8,17-22,24-25H2,1-3H3,(H,54,55)/t37-/m1/s1. The number of likely N-dealkylation sites (N-methyl/N-ethyl adjacent to an activating group) is 1. The van der Waals surface area contributed by atoms with Crippen molar-refractivity contribution in [1.29, 1.82) is 0 Å². The average Bonchev–Trinajstić information content (AvgIpc) is 3.61. The highest BCUT2D eigenvalue weighted by Gasteiger charge is 2.33. The van der Waals surface area contributed by atoms with Gasteiger partial charge >= 0.3 is 5.97 Å². The molecule has 1 saturated carbocycles. The summed E-state index contributed by atoms with van der Waals surface area (Å²) in [6, 6.07) is 18.0. The predicted molar refractivity (Wildman–Crippen MR) is 225 cm³/mol. The Bertz CT molecular complexity index is 2480. The van der Waals surface area contributed by atoms with Gasteiger partial charge in [0.1, 0.15) is 53.7 Å². The third-order valence-electron chi connectivity index (χ3n) is 11.3. The monoisotopic (exact) mass is 834 g/mol. The van der Waals surface area contributed by atoms with Crippen LogP contribution in [0.15, 0.2) is 77.6 Å². The molecule has 6 aromatic rings. The highest BCUT2D eigenvalue weighted by molar-refractivity contribution is 6.33. The average molecular weight is 835 g/mol.